The van der Waals surface area contributed by atoms with Crippen molar-refractivity contribution in [2.75, 3.05) is 0 Å². The van der Waals surface area contributed by atoms with Gasteiger partial charge in [-0.15, -0.1) is 0 Å². The number of furan rings is 1. The van der Waals surface area contributed by atoms with Gasteiger partial charge in [0.1, 0.15) is 10.7 Å². The summed E-state index contributed by atoms with van der Waals surface area (Å²) in [5.41, 5.74) is 2.30. The highest BCUT2D eigenvalue weighted by Gasteiger charge is 2.14. The zero-order valence-electron chi connectivity index (χ0n) is 13.8. The van der Waals surface area contributed by atoms with E-state index in [0.717, 1.165) is 10.8 Å². The number of carbonyl (C=O) groups is 1. The lowest BCUT2D eigenvalue weighted by Crippen LogP contribution is -2.33. The van der Waals surface area contributed by atoms with Gasteiger partial charge in [0.05, 0.1) is 12.3 Å². The number of hydrogen-bond acceptors (Lipinski definition) is 6. The van der Waals surface area contributed by atoms with Crippen LogP contribution in [0.15, 0.2) is 64.1 Å². The Morgan fingerprint density at radius 1 is 1.23 bits per heavy atom. The molecule has 0 aliphatic rings. The third-order valence-corrected chi connectivity index (χ3v) is 3.56. The van der Waals surface area contributed by atoms with Crippen molar-refractivity contribution in [1.82, 2.24) is 5.43 Å². The zero-order valence-corrected chi connectivity index (χ0v) is 13.8. The molecule has 0 aliphatic carbocycles. The molecule has 1 atom stereocenters. The van der Waals surface area contributed by atoms with Crippen molar-refractivity contribution in [3.8, 4) is 5.75 Å². The zero-order chi connectivity index (χ0) is 18.5. The van der Waals surface area contributed by atoms with Gasteiger partial charge in [-0.05, 0) is 35.9 Å². The minimum atomic E-state index is -0.778. The molecule has 0 saturated carbocycles. The highest BCUT2D eigenvalue weighted by atomic mass is 16.6. The molecule has 3 rings (SSSR count). The van der Waals surface area contributed by atoms with Gasteiger partial charge >= 0.3 is 5.88 Å². The molecule has 0 unspecified atom stereocenters. The van der Waals surface area contributed by atoms with Crippen molar-refractivity contribution in [3.63, 3.8) is 0 Å². The van der Waals surface area contributed by atoms with E-state index in [4.69, 9.17) is 9.15 Å². The van der Waals surface area contributed by atoms with Crippen LogP contribution in [0.4, 0.5) is 5.88 Å². The van der Waals surface area contributed by atoms with Crippen LogP contribution in [0.3, 0.4) is 0 Å². The summed E-state index contributed by atoms with van der Waals surface area (Å²) in [6.45, 7) is 1.60. The van der Waals surface area contributed by atoms with Crippen molar-refractivity contribution >= 4 is 28.8 Å². The van der Waals surface area contributed by atoms with Gasteiger partial charge in [-0.3, -0.25) is 14.9 Å². The molecule has 3 aromatic rings. The van der Waals surface area contributed by atoms with Gasteiger partial charge in [0, 0.05) is 0 Å². The fraction of sp³-hybridized carbons (Fsp3) is 0.111. The van der Waals surface area contributed by atoms with Crippen LogP contribution < -0.4 is 10.2 Å². The normalized spacial score (nSPS) is 12.2. The van der Waals surface area contributed by atoms with Crippen LogP contribution in [0, 0.1) is 10.1 Å². The average Bonchev–Trinajstić information content (AvgIpc) is 3.10. The van der Waals surface area contributed by atoms with E-state index in [1.165, 1.54) is 18.3 Å². The Bertz CT molecular complexity index is 980. The fourth-order valence-corrected chi connectivity index (χ4v) is 2.26. The standard InChI is InChI=1S/C18H15N3O5/c1-12(25-15-7-6-13-4-2-3-5-14(13)10-15)18(22)20-19-11-16-8-9-17(26-16)21(23)24/h2-12H,1H3,(H,20,22)/b19-11-/t12-/m1/s1. The minimum absolute atomic E-state index is 0.153. The summed E-state index contributed by atoms with van der Waals surface area (Å²) in [7, 11) is 0. The maximum atomic E-state index is 12.0. The fourth-order valence-electron chi connectivity index (χ4n) is 2.26. The summed E-state index contributed by atoms with van der Waals surface area (Å²) in [6, 6.07) is 16.0. The molecule has 0 bridgehead atoms. The SMILES string of the molecule is C[C@@H](Oc1ccc2ccccc2c1)C(=O)N/N=C\c1ccc([N+](=O)[O-])o1. The maximum Gasteiger partial charge on any atom is 0.433 e. The number of fused-ring (bicyclic) bond motifs is 1. The average molecular weight is 353 g/mol. The second-order valence-electron chi connectivity index (χ2n) is 5.44. The Kier molecular flexibility index (Phi) is 4.93. The van der Waals surface area contributed by atoms with E-state index >= 15 is 0 Å². The maximum absolute atomic E-state index is 12.0. The molecule has 2 aromatic carbocycles. The third-order valence-electron chi connectivity index (χ3n) is 3.56. The van der Waals surface area contributed by atoms with Crippen molar-refractivity contribution in [2.45, 2.75) is 13.0 Å². The van der Waals surface area contributed by atoms with E-state index in [1.807, 2.05) is 36.4 Å². The second-order valence-corrected chi connectivity index (χ2v) is 5.44. The molecular weight excluding hydrogens is 338 g/mol. The summed E-state index contributed by atoms with van der Waals surface area (Å²) < 4.78 is 10.5. The number of hydrogen-bond donors (Lipinski definition) is 1. The van der Waals surface area contributed by atoms with Crippen LogP contribution in [-0.2, 0) is 4.79 Å². The number of nitro groups is 1. The Morgan fingerprint density at radius 2 is 2.00 bits per heavy atom. The topological polar surface area (TPSA) is 107 Å². The van der Waals surface area contributed by atoms with Gasteiger partial charge in [0.2, 0.25) is 0 Å². The summed E-state index contributed by atoms with van der Waals surface area (Å²) in [5.74, 6) is -0.140. The van der Waals surface area contributed by atoms with Gasteiger partial charge < -0.3 is 9.15 Å². The number of carbonyl (C=O) groups excluding carboxylic acids is 1. The second kappa shape index (κ2) is 7.47. The first kappa shape index (κ1) is 17.2. The quantitative estimate of drug-likeness (QED) is 0.416. The van der Waals surface area contributed by atoms with E-state index < -0.39 is 22.8 Å². The van der Waals surface area contributed by atoms with Crippen LogP contribution in [-0.4, -0.2) is 23.1 Å². The van der Waals surface area contributed by atoms with Gasteiger partial charge in [0.15, 0.2) is 11.9 Å². The third kappa shape index (κ3) is 4.04. The lowest BCUT2D eigenvalue weighted by molar-refractivity contribution is -0.402. The molecule has 0 aliphatic heterocycles. The van der Waals surface area contributed by atoms with Crippen molar-refractivity contribution in [2.24, 2.45) is 5.10 Å². The first-order chi connectivity index (χ1) is 12.5. The van der Waals surface area contributed by atoms with Gasteiger partial charge in [-0.1, -0.05) is 30.3 Å². The van der Waals surface area contributed by atoms with E-state index in [-0.39, 0.29) is 5.76 Å². The summed E-state index contributed by atoms with van der Waals surface area (Å²) in [5, 5.41) is 16.3. The lowest BCUT2D eigenvalue weighted by atomic mass is 10.1. The molecule has 132 valence electrons. The predicted octanol–water partition coefficient (Wildman–Crippen LogP) is 3.26. The highest BCUT2D eigenvalue weighted by molar-refractivity contribution is 5.85. The number of rotatable bonds is 6. The molecule has 0 saturated heterocycles. The molecule has 8 nitrogen and oxygen atoms in total. The van der Waals surface area contributed by atoms with Crippen molar-refractivity contribution in [1.29, 1.82) is 0 Å². The van der Waals surface area contributed by atoms with Gasteiger partial charge in [-0.25, -0.2) is 5.43 Å². The number of nitrogens with one attached hydrogen (secondary N) is 1. The Hall–Kier alpha value is -3.68. The van der Waals surface area contributed by atoms with Gasteiger partial charge in [-0.2, -0.15) is 5.10 Å². The number of benzene rings is 2. The van der Waals surface area contributed by atoms with Crippen LogP contribution in [0.25, 0.3) is 10.8 Å². The molecule has 1 heterocycles. The monoisotopic (exact) mass is 353 g/mol. The predicted molar refractivity (Wildman–Crippen MR) is 95.1 cm³/mol. The molecule has 1 aromatic heterocycles. The number of nitrogens with zero attached hydrogens (tertiary/aromatic N) is 2. The minimum Gasteiger partial charge on any atom is -0.481 e. The van der Waals surface area contributed by atoms with E-state index in [0.29, 0.717) is 5.75 Å². The van der Waals surface area contributed by atoms with Crippen molar-refractivity contribution < 1.29 is 18.9 Å². The van der Waals surface area contributed by atoms with Crippen LogP contribution in [0.1, 0.15) is 12.7 Å². The van der Waals surface area contributed by atoms with Crippen LogP contribution in [0.5, 0.6) is 5.75 Å². The molecule has 1 N–H and O–H groups in total. The van der Waals surface area contributed by atoms with Crippen LogP contribution >= 0.6 is 0 Å². The Morgan fingerprint density at radius 3 is 2.73 bits per heavy atom. The summed E-state index contributed by atoms with van der Waals surface area (Å²) in [6.07, 6.45) is 0.396. The molecule has 0 radical (unpaired) electrons. The lowest BCUT2D eigenvalue weighted by Gasteiger charge is -2.13. The Labute approximate surface area is 148 Å². The molecule has 1 amide bonds. The first-order valence-electron chi connectivity index (χ1n) is 7.75. The molecule has 0 fully saturated rings. The first-order valence-corrected chi connectivity index (χ1v) is 7.75. The number of amides is 1. The number of hydrazone groups is 1. The van der Waals surface area contributed by atoms with Crippen LogP contribution in [0.2, 0.25) is 0 Å². The Balaban J connectivity index is 1.58. The summed E-state index contributed by atoms with van der Waals surface area (Å²) in [4.78, 5) is 21.9. The largest absolute Gasteiger partial charge is 0.481 e. The molecule has 8 heteroatoms. The number of ether oxygens (including phenoxy) is 1. The summed E-state index contributed by atoms with van der Waals surface area (Å²) >= 11 is 0. The van der Waals surface area contributed by atoms with E-state index in [2.05, 4.69) is 10.5 Å². The molecular formula is C18H15N3O5. The molecule has 26 heavy (non-hydrogen) atoms. The van der Waals surface area contributed by atoms with E-state index in [9.17, 15) is 14.9 Å². The van der Waals surface area contributed by atoms with E-state index in [1.54, 1.807) is 13.0 Å². The van der Waals surface area contributed by atoms with Gasteiger partial charge in [0.25, 0.3) is 5.91 Å². The highest BCUT2D eigenvalue weighted by Crippen LogP contribution is 2.21. The molecule has 0 spiro atoms. The smallest absolute Gasteiger partial charge is 0.433 e. The van der Waals surface area contributed by atoms with Crippen molar-refractivity contribution in [3.05, 3.63) is 70.5 Å².